The van der Waals surface area contributed by atoms with Crippen molar-refractivity contribution >= 4 is 46.2 Å². The van der Waals surface area contributed by atoms with Crippen LogP contribution < -0.4 is 0 Å². The number of aryl methyl sites for hydroxylation is 1. The highest BCUT2D eigenvalue weighted by molar-refractivity contribution is 8.18. The van der Waals surface area contributed by atoms with Gasteiger partial charge in [-0.1, -0.05) is 29.3 Å². The molecule has 3 rings (SSSR count). The molecule has 1 heterocycles. The minimum Gasteiger partial charge on any atom is -0.507 e. The maximum atomic E-state index is 12.6. The number of halogens is 1. The van der Waals surface area contributed by atoms with E-state index in [1.807, 2.05) is 38.1 Å². The number of benzene rings is 2. The van der Waals surface area contributed by atoms with Crippen LogP contribution >= 0.6 is 23.4 Å². The lowest BCUT2D eigenvalue weighted by molar-refractivity contribution is -0.122. The number of hydrogen-bond acceptors (Lipinski definition) is 4. The third kappa shape index (κ3) is 3.89. The van der Waals surface area contributed by atoms with Crippen LogP contribution in [0.4, 0.5) is 5.69 Å². The minimum absolute atomic E-state index is 0.0808. The highest BCUT2D eigenvalue weighted by atomic mass is 35.5. The first-order valence-corrected chi connectivity index (χ1v) is 9.02. The van der Waals surface area contributed by atoms with E-state index in [1.54, 1.807) is 23.1 Å². The van der Waals surface area contributed by atoms with E-state index in [0.717, 1.165) is 11.3 Å². The monoisotopic (exact) mass is 372 g/mol. The van der Waals surface area contributed by atoms with E-state index >= 15 is 0 Å². The first kappa shape index (κ1) is 17.6. The molecule has 0 atom stereocenters. The fraction of sp³-hybridized carbons (Fsp3) is 0.158. The number of aromatic hydroxyl groups is 1. The van der Waals surface area contributed by atoms with Gasteiger partial charge in [-0.2, -0.15) is 0 Å². The number of nitrogens with zero attached hydrogens (tertiary/aromatic N) is 2. The van der Waals surface area contributed by atoms with Crippen molar-refractivity contribution in [2.24, 2.45) is 4.99 Å². The summed E-state index contributed by atoms with van der Waals surface area (Å²) >= 11 is 7.27. The van der Waals surface area contributed by atoms with Crippen LogP contribution in [0.3, 0.4) is 0 Å². The van der Waals surface area contributed by atoms with Crippen molar-refractivity contribution in [1.29, 1.82) is 0 Å². The number of phenolic OH excluding ortho intramolecular Hbond substituents is 1. The number of amides is 1. The number of aliphatic imine (C=N–C) groups is 1. The summed E-state index contributed by atoms with van der Waals surface area (Å²) in [5, 5.41) is 11.1. The van der Waals surface area contributed by atoms with E-state index in [1.165, 1.54) is 17.8 Å². The van der Waals surface area contributed by atoms with Gasteiger partial charge in [0.25, 0.3) is 5.91 Å². The molecule has 0 saturated carbocycles. The van der Waals surface area contributed by atoms with Gasteiger partial charge in [0.2, 0.25) is 0 Å². The van der Waals surface area contributed by atoms with E-state index in [4.69, 9.17) is 11.6 Å². The number of hydrogen-bond donors (Lipinski definition) is 1. The summed E-state index contributed by atoms with van der Waals surface area (Å²) in [6.07, 6.45) is 1.65. The fourth-order valence-electron chi connectivity index (χ4n) is 2.38. The van der Waals surface area contributed by atoms with Gasteiger partial charge in [-0.3, -0.25) is 9.69 Å². The molecule has 0 bridgehead atoms. The van der Waals surface area contributed by atoms with Gasteiger partial charge in [0.15, 0.2) is 5.17 Å². The predicted octanol–water partition coefficient (Wildman–Crippen LogP) is 4.98. The molecule has 1 N–H and O–H groups in total. The van der Waals surface area contributed by atoms with E-state index in [-0.39, 0.29) is 11.7 Å². The molecule has 1 aliphatic heterocycles. The van der Waals surface area contributed by atoms with Crippen molar-refractivity contribution < 1.29 is 9.90 Å². The molecule has 1 fully saturated rings. The van der Waals surface area contributed by atoms with Crippen molar-refractivity contribution in [3.8, 4) is 5.75 Å². The van der Waals surface area contributed by atoms with E-state index in [2.05, 4.69) is 4.99 Å². The number of carbonyl (C=O) groups excluding carboxylic acids is 1. The molecule has 2 aromatic rings. The zero-order chi connectivity index (χ0) is 18.0. The Kier molecular flexibility index (Phi) is 5.16. The van der Waals surface area contributed by atoms with Crippen LogP contribution in [0.1, 0.15) is 18.1 Å². The second-order valence-electron chi connectivity index (χ2n) is 5.59. The molecule has 1 amide bonds. The normalized spacial score (nSPS) is 17.7. The van der Waals surface area contributed by atoms with Crippen LogP contribution in [0, 0.1) is 6.92 Å². The molecule has 25 heavy (non-hydrogen) atoms. The van der Waals surface area contributed by atoms with Gasteiger partial charge in [-0.05, 0) is 62.0 Å². The molecule has 0 radical (unpaired) electrons. The topological polar surface area (TPSA) is 52.9 Å². The summed E-state index contributed by atoms with van der Waals surface area (Å²) in [5.74, 6) is -0.0463. The van der Waals surface area contributed by atoms with Crippen LogP contribution in [0.5, 0.6) is 5.75 Å². The van der Waals surface area contributed by atoms with Crippen LogP contribution in [-0.4, -0.2) is 27.6 Å². The van der Waals surface area contributed by atoms with Crippen LogP contribution in [0.25, 0.3) is 6.08 Å². The maximum Gasteiger partial charge on any atom is 0.266 e. The van der Waals surface area contributed by atoms with Gasteiger partial charge in [-0.25, -0.2) is 4.99 Å². The standard InChI is InChI=1S/C19H17ClN2O2S/c1-3-22-18(24)17(11-13-10-14(20)6-9-16(13)23)25-19(22)21-15-7-4-12(2)5-8-15/h4-11,23H,3H2,1-2H3/b17-11+,21-19?. The fourth-order valence-corrected chi connectivity index (χ4v) is 3.62. The van der Waals surface area contributed by atoms with Gasteiger partial charge in [-0.15, -0.1) is 0 Å². The summed E-state index contributed by atoms with van der Waals surface area (Å²) in [7, 11) is 0. The molecule has 1 saturated heterocycles. The van der Waals surface area contributed by atoms with Crippen LogP contribution in [-0.2, 0) is 4.79 Å². The Balaban J connectivity index is 1.96. The number of thioether (sulfide) groups is 1. The Morgan fingerprint density at radius 3 is 2.64 bits per heavy atom. The lowest BCUT2D eigenvalue weighted by Gasteiger charge is -2.12. The highest BCUT2D eigenvalue weighted by Gasteiger charge is 2.32. The van der Waals surface area contributed by atoms with Gasteiger partial charge < -0.3 is 5.11 Å². The average molecular weight is 373 g/mol. The van der Waals surface area contributed by atoms with E-state index in [0.29, 0.717) is 27.2 Å². The number of carbonyl (C=O) groups is 1. The largest absolute Gasteiger partial charge is 0.507 e. The second kappa shape index (κ2) is 7.33. The summed E-state index contributed by atoms with van der Waals surface area (Å²) in [4.78, 5) is 19.4. The van der Waals surface area contributed by atoms with Crippen LogP contribution in [0.15, 0.2) is 52.4 Å². The Morgan fingerprint density at radius 1 is 1.24 bits per heavy atom. The zero-order valence-corrected chi connectivity index (χ0v) is 15.4. The molecule has 2 aromatic carbocycles. The van der Waals surface area contributed by atoms with E-state index < -0.39 is 0 Å². The highest BCUT2D eigenvalue weighted by Crippen LogP contribution is 2.35. The first-order valence-electron chi connectivity index (χ1n) is 7.83. The summed E-state index contributed by atoms with van der Waals surface area (Å²) in [6.45, 7) is 4.44. The van der Waals surface area contributed by atoms with Crippen molar-refractivity contribution in [3.05, 3.63) is 63.5 Å². The van der Waals surface area contributed by atoms with Gasteiger partial charge in [0, 0.05) is 17.1 Å². The van der Waals surface area contributed by atoms with Gasteiger partial charge >= 0.3 is 0 Å². The summed E-state index contributed by atoms with van der Waals surface area (Å²) in [6, 6.07) is 12.6. The molecule has 6 heteroatoms. The van der Waals surface area contributed by atoms with Gasteiger partial charge in [0.05, 0.1) is 10.6 Å². The molecule has 0 unspecified atom stereocenters. The third-order valence-electron chi connectivity index (χ3n) is 3.74. The van der Waals surface area contributed by atoms with Crippen LogP contribution in [0.2, 0.25) is 5.02 Å². The molecule has 0 aliphatic carbocycles. The molecule has 1 aliphatic rings. The quantitative estimate of drug-likeness (QED) is 0.773. The number of rotatable bonds is 3. The number of phenols is 1. The van der Waals surface area contributed by atoms with Crippen molar-refractivity contribution in [1.82, 2.24) is 4.90 Å². The minimum atomic E-state index is -0.127. The van der Waals surface area contributed by atoms with Crippen molar-refractivity contribution in [3.63, 3.8) is 0 Å². The molecule has 0 aromatic heterocycles. The number of amidine groups is 1. The first-order chi connectivity index (χ1) is 12.0. The van der Waals surface area contributed by atoms with E-state index in [9.17, 15) is 9.90 Å². The molecule has 0 spiro atoms. The average Bonchev–Trinajstić information content (AvgIpc) is 2.88. The van der Waals surface area contributed by atoms with Crippen molar-refractivity contribution in [2.45, 2.75) is 13.8 Å². The zero-order valence-electron chi connectivity index (χ0n) is 13.9. The van der Waals surface area contributed by atoms with Crippen molar-refractivity contribution in [2.75, 3.05) is 6.54 Å². The van der Waals surface area contributed by atoms with Gasteiger partial charge in [0.1, 0.15) is 5.75 Å². The Bertz CT molecular complexity index is 875. The summed E-state index contributed by atoms with van der Waals surface area (Å²) < 4.78 is 0. The lowest BCUT2D eigenvalue weighted by Crippen LogP contribution is -2.28. The smallest absolute Gasteiger partial charge is 0.266 e. The predicted molar refractivity (Wildman–Crippen MR) is 104 cm³/mol. The SMILES string of the molecule is CCN1C(=O)/C(=C\c2cc(Cl)ccc2O)SC1=Nc1ccc(C)cc1. The molecule has 128 valence electrons. The third-order valence-corrected chi connectivity index (χ3v) is 4.98. The summed E-state index contributed by atoms with van der Waals surface area (Å²) in [5.41, 5.74) is 2.46. The Labute approximate surface area is 155 Å². The second-order valence-corrected chi connectivity index (χ2v) is 7.04. The molecular weight excluding hydrogens is 356 g/mol. The maximum absolute atomic E-state index is 12.6. The molecule has 4 nitrogen and oxygen atoms in total. The Morgan fingerprint density at radius 2 is 1.96 bits per heavy atom. The Hall–Kier alpha value is -2.24. The molecular formula is C19H17ClN2O2S. The number of likely N-dealkylation sites (N-methyl/N-ethyl adjacent to an activating group) is 1. The lowest BCUT2D eigenvalue weighted by atomic mass is 10.2.